The summed E-state index contributed by atoms with van der Waals surface area (Å²) in [6.45, 7) is 3.40. The van der Waals surface area contributed by atoms with E-state index < -0.39 is 10.0 Å². The molecule has 0 heterocycles. The second kappa shape index (κ2) is 9.94. The molecule has 0 aliphatic carbocycles. The predicted octanol–water partition coefficient (Wildman–Crippen LogP) is 2.65. The van der Waals surface area contributed by atoms with E-state index in [4.69, 9.17) is 9.47 Å². The lowest BCUT2D eigenvalue weighted by molar-refractivity contribution is 0.0948. The Labute approximate surface area is 159 Å². The summed E-state index contributed by atoms with van der Waals surface area (Å²) in [6, 6.07) is 12.5. The molecule has 27 heavy (non-hydrogen) atoms. The first-order valence-electron chi connectivity index (χ1n) is 8.59. The first-order valence-corrected chi connectivity index (χ1v) is 10.1. The van der Waals surface area contributed by atoms with Gasteiger partial charge in [-0.05, 0) is 55.8 Å². The van der Waals surface area contributed by atoms with Crippen molar-refractivity contribution < 1.29 is 22.7 Å². The van der Waals surface area contributed by atoms with E-state index in [0.717, 1.165) is 0 Å². The van der Waals surface area contributed by atoms with Crippen LogP contribution in [0.3, 0.4) is 0 Å². The lowest BCUT2D eigenvalue weighted by Crippen LogP contribution is -2.25. The highest BCUT2D eigenvalue weighted by Crippen LogP contribution is 2.20. The lowest BCUT2D eigenvalue weighted by atomic mass is 10.2. The number of methoxy groups -OCH3 is 1. The van der Waals surface area contributed by atoms with E-state index in [9.17, 15) is 13.2 Å². The van der Waals surface area contributed by atoms with Gasteiger partial charge in [-0.15, -0.1) is 0 Å². The van der Waals surface area contributed by atoms with Crippen molar-refractivity contribution >= 4 is 21.6 Å². The third kappa shape index (κ3) is 6.26. The third-order valence-electron chi connectivity index (χ3n) is 3.63. The molecule has 0 spiro atoms. The maximum atomic E-state index is 12.5. The average molecular weight is 392 g/mol. The second-order valence-corrected chi connectivity index (χ2v) is 7.38. The van der Waals surface area contributed by atoms with Crippen molar-refractivity contribution in [1.29, 1.82) is 0 Å². The Morgan fingerprint density at radius 2 is 1.85 bits per heavy atom. The van der Waals surface area contributed by atoms with Crippen LogP contribution >= 0.6 is 0 Å². The number of benzene rings is 2. The Balaban J connectivity index is 2.06. The molecule has 0 fully saturated rings. The van der Waals surface area contributed by atoms with E-state index in [1.807, 2.05) is 6.92 Å². The molecule has 0 aliphatic heterocycles. The molecule has 0 aromatic heterocycles. The molecule has 7 nitrogen and oxygen atoms in total. The van der Waals surface area contributed by atoms with Gasteiger partial charge in [0.15, 0.2) is 0 Å². The summed E-state index contributed by atoms with van der Waals surface area (Å²) in [5.41, 5.74) is 0.688. The summed E-state index contributed by atoms with van der Waals surface area (Å²) in [4.78, 5) is 12.3. The summed E-state index contributed by atoms with van der Waals surface area (Å²) in [6.07, 6.45) is 0.701. The minimum absolute atomic E-state index is 0.111. The van der Waals surface area contributed by atoms with Gasteiger partial charge in [-0.3, -0.25) is 9.52 Å². The zero-order chi connectivity index (χ0) is 19.7. The van der Waals surface area contributed by atoms with Gasteiger partial charge in [0.05, 0.1) is 11.5 Å². The number of hydrogen-bond acceptors (Lipinski definition) is 5. The van der Waals surface area contributed by atoms with Crippen LogP contribution in [0.2, 0.25) is 0 Å². The summed E-state index contributed by atoms with van der Waals surface area (Å²) >= 11 is 0. The van der Waals surface area contributed by atoms with Gasteiger partial charge in [0.2, 0.25) is 0 Å². The summed E-state index contributed by atoms with van der Waals surface area (Å²) < 4.78 is 37.8. The second-order valence-electron chi connectivity index (χ2n) is 5.69. The van der Waals surface area contributed by atoms with Crippen LogP contribution in [-0.2, 0) is 14.8 Å². The standard InChI is InChI=1S/C19H24N2O5S/c1-3-26-17-8-10-18(11-9-17)27(23,24)21-16-7-4-6-15(14-16)19(22)20-12-5-13-25-2/h4,6-11,14,21H,3,5,12-13H2,1-2H3,(H,20,22). The van der Waals surface area contributed by atoms with Crippen LogP contribution in [0.15, 0.2) is 53.4 Å². The Bertz CT molecular complexity index is 851. The molecule has 2 aromatic rings. The van der Waals surface area contributed by atoms with Crippen LogP contribution in [0.5, 0.6) is 5.75 Å². The molecule has 0 saturated heterocycles. The number of anilines is 1. The number of hydrogen-bond donors (Lipinski definition) is 2. The number of rotatable bonds is 10. The molecule has 1 amide bonds. The molecule has 8 heteroatoms. The van der Waals surface area contributed by atoms with E-state index in [1.165, 1.54) is 18.2 Å². The van der Waals surface area contributed by atoms with Crippen LogP contribution < -0.4 is 14.8 Å². The Kier molecular flexibility index (Phi) is 7.63. The maximum absolute atomic E-state index is 12.5. The first kappa shape index (κ1) is 20.7. The molecule has 2 rings (SSSR count). The maximum Gasteiger partial charge on any atom is 0.261 e. The Morgan fingerprint density at radius 3 is 2.52 bits per heavy atom. The minimum Gasteiger partial charge on any atom is -0.494 e. The van der Waals surface area contributed by atoms with Crippen molar-refractivity contribution in [2.24, 2.45) is 0 Å². The van der Waals surface area contributed by atoms with Crippen molar-refractivity contribution in [3.8, 4) is 5.75 Å². The molecular formula is C19H24N2O5S. The van der Waals surface area contributed by atoms with E-state index >= 15 is 0 Å². The van der Waals surface area contributed by atoms with Gasteiger partial charge in [0.25, 0.3) is 15.9 Å². The Morgan fingerprint density at radius 1 is 1.11 bits per heavy atom. The zero-order valence-electron chi connectivity index (χ0n) is 15.4. The molecule has 0 aliphatic rings. The third-order valence-corrected chi connectivity index (χ3v) is 5.03. The van der Waals surface area contributed by atoms with Gasteiger partial charge in [0, 0.05) is 31.5 Å². The van der Waals surface area contributed by atoms with E-state index in [1.54, 1.807) is 37.4 Å². The molecule has 0 radical (unpaired) electrons. The normalized spacial score (nSPS) is 11.0. The number of amides is 1. The Hall–Kier alpha value is -2.58. The SMILES string of the molecule is CCOc1ccc(S(=O)(=O)Nc2cccc(C(=O)NCCCOC)c2)cc1. The van der Waals surface area contributed by atoms with Crippen molar-refractivity contribution in [3.63, 3.8) is 0 Å². The molecule has 2 N–H and O–H groups in total. The number of carbonyl (C=O) groups is 1. The molecule has 0 atom stereocenters. The van der Waals surface area contributed by atoms with Gasteiger partial charge >= 0.3 is 0 Å². The van der Waals surface area contributed by atoms with Crippen LogP contribution in [0.1, 0.15) is 23.7 Å². The molecule has 0 bridgehead atoms. The molecule has 0 unspecified atom stereocenters. The quantitative estimate of drug-likeness (QED) is 0.606. The smallest absolute Gasteiger partial charge is 0.261 e. The number of ether oxygens (including phenoxy) is 2. The summed E-state index contributed by atoms with van der Waals surface area (Å²) in [7, 11) is -2.17. The predicted molar refractivity (Wildman–Crippen MR) is 104 cm³/mol. The highest BCUT2D eigenvalue weighted by Gasteiger charge is 2.15. The van der Waals surface area contributed by atoms with E-state index in [-0.39, 0.29) is 10.8 Å². The number of sulfonamides is 1. The molecular weight excluding hydrogens is 368 g/mol. The number of nitrogens with one attached hydrogen (secondary N) is 2. The van der Waals surface area contributed by atoms with Gasteiger partial charge in [-0.2, -0.15) is 0 Å². The van der Waals surface area contributed by atoms with Crippen molar-refractivity contribution in [3.05, 3.63) is 54.1 Å². The molecule has 146 valence electrons. The van der Waals surface area contributed by atoms with Crippen LogP contribution in [0.4, 0.5) is 5.69 Å². The highest BCUT2D eigenvalue weighted by molar-refractivity contribution is 7.92. The van der Waals surface area contributed by atoms with Gasteiger partial charge in [-0.25, -0.2) is 8.42 Å². The number of carbonyl (C=O) groups excluding carboxylic acids is 1. The van der Waals surface area contributed by atoms with Crippen molar-refractivity contribution in [1.82, 2.24) is 5.32 Å². The fraction of sp³-hybridized carbons (Fsp3) is 0.316. The van der Waals surface area contributed by atoms with E-state index in [0.29, 0.717) is 43.2 Å². The van der Waals surface area contributed by atoms with Crippen molar-refractivity contribution in [2.45, 2.75) is 18.2 Å². The van der Waals surface area contributed by atoms with Crippen LogP contribution in [-0.4, -0.2) is 41.2 Å². The zero-order valence-corrected chi connectivity index (χ0v) is 16.2. The topological polar surface area (TPSA) is 93.7 Å². The molecule has 2 aromatic carbocycles. The van der Waals surface area contributed by atoms with Crippen LogP contribution in [0, 0.1) is 0 Å². The first-order chi connectivity index (χ1) is 13.0. The fourth-order valence-corrected chi connectivity index (χ4v) is 3.39. The average Bonchev–Trinajstić information content (AvgIpc) is 2.66. The monoisotopic (exact) mass is 392 g/mol. The summed E-state index contributed by atoms with van der Waals surface area (Å²) in [5, 5.41) is 2.76. The fourth-order valence-electron chi connectivity index (χ4n) is 2.34. The van der Waals surface area contributed by atoms with E-state index in [2.05, 4.69) is 10.0 Å². The lowest BCUT2D eigenvalue weighted by Gasteiger charge is -2.11. The van der Waals surface area contributed by atoms with Gasteiger partial charge < -0.3 is 14.8 Å². The highest BCUT2D eigenvalue weighted by atomic mass is 32.2. The largest absolute Gasteiger partial charge is 0.494 e. The molecule has 0 saturated carbocycles. The van der Waals surface area contributed by atoms with Gasteiger partial charge in [0.1, 0.15) is 5.75 Å². The van der Waals surface area contributed by atoms with Crippen molar-refractivity contribution in [2.75, 3.05) is 31.6 Å². The van der Waals surface area contributed by atoms with Crippen LogP contribution in [0.25, 0.3) is 0 Å². The van der Waals surface area contributed by atoms with Gasteiger partial charge in [-0.1, -0.05) is 6.07 Å². The summed E-state index contributed by atoms with van der Waals surface area (Å²) in [5.74, 6) is 0.330. The minimum atomic E-state index is -3.77.